The molecule has 0 radical (unpaired) electrons. The van der Waals surface area contributed by atoms with Gasteiger partial charge in [-0.2, -0.15) is 0 Å². The Morgan fingerprint density at radius 1 is 0.816 bits per heavy atom. The third-order valence-corrected chi connectivity index (χ3v) is 20.0. The summed E-state index contributed by atoms with van der Waals surface area (Å²) in [5.41, 5.74) is 12.2. The van der Waals surface area contributed by atoms with E-state index < -0.39 is 83.2 Å². The summed E-state index contributed by atoms with van der Waals surface area (Å²) in [6.07, 6.45) is 7.22. The number of carbonyl (C=O) groups excluding carboxylic acids is 10. The van der Waals surface area contributed by atoms with Crippen LogP contribution >= 0.6 is 11.3 Å². The minimum Gasteiger partial charge on any atom is -0.445 e. The first kappa shape index (κ1) is 80.9. The van der Waals surface area contributed by atoms with Gasteiger partial charge in [-0.05, 0) is 106 Å². The fraction of sp³-hybridized carbons (Fsp3) is 0.616. The van der Waals surface area contributed by atoms with Crippen molar-refractivity contribution in [3.8, 4) is 0 Å². The number of imidazole rings is 1. The Morgan fingerprint density at radius 2 is 1.51 bits per heavy atom. The molecule has 3 heterocycles. The molecule has 0 spiro atoms. The second-order valence-electron chi connectivity index (χ2n) is 27.5. The minimum absolute atomic E-state index is 0.0338. The molecule has 0 bridgehead atoms. The zero-order valence-corrected chi connectivity index (χ0v) is 60.4. The molecule has 1 aliphatic heterocycles. The Balaban J connectivity index is 1.18. The predicted molar refractivity (Wildman–Crippen MR) is 376 cm³/mol. The number of Topliss-reactive ketones (excluding diaryl/α,β-unsaturated/α-hetero) is 4. The number of benzene rings is 2. The van der Waals surface area contributed by atoms with Gasteiger partial charge in [0.15, 0.2) is 11.6 Å². The van der Waals surface area contributed by atoms with Crippen LogP contribution in [0.1, 0.15) is 174 Å². The highest BCUT2D eigenvalue weighted by Gasteiger charge is 2.44. The van der Waals surface area contributed by atoms with Crippen molar-refractivity contribution in [2.45, 2.75) is 207 Å². The lowest BCUT2D eigenvalue weighted by atomic mass is 9.83. The van der Waals surface area contributed by atoms with Gasteiger partial charge < -0.3 is 61.7 Å². The monoisotopic (exact) mass is 1380 g/mol. The van der Waals surface area contributed by atoms with E-state index in [4.69, 9.17) is 25.7 Å². The molecule has 24 nitrogen and oxygen atoms in total. The molecule has 25 heteroatoms. The number of nitrogens with one attached hydrogen (secondary N) is 5. The molecule has 98 heavy (non-hydrogen) atoms. The van der Waals surface area contributed by atoms with Crippen LogP contribution in [0.2, 0.25) is 0 Å². The lowest BCUT2D eigenvalue weighted by molar-refractivity contribution is -0.149. The molecule has 1 saturated heterocycles. The van der Waals surface area contributed by atoms with Gasteiger partial charge in [0.25, 0.3) is 0 Å². The molecule has 1 fully saturated rings. The summed E-state index contributed by atoms with van der Waals surface area (Å²) in [7, 11) is 4.80. The van der Waals surface area contributed by atoms with Crippen LogP contribution in [0.3, 0.4) is 0 Å². The molecule has 0 unspecified atom stereocenters. The first-order valence-corrected chi connectivity index (χ1v) is 35.5. The Kier molecular flexibility index (Phi) is 33.3. The number of alkyl carbamates (subject to hydrolysis) is 1. The zero-order chi connectivity index (χ0) is 72.2. The molecule has 1 aliphatic rings. The molecular formula is C73H109N11O13S. The summed E-state index contributed by atoms with van der Waals surface area (Å²) >= 11 is 1.53. The maximum Gasteiger partial charge on any atom is 0.408 e. The lowest BCUT2D eigenvalue weighted by Gasteiger charge is -2.41. The van der Waals surface area contributed by atoms with Gasteiger partial charge in [0.1, 0.15) is 18.2 Å². The number of hydrogen-bond donors (Lipinski definition) is 7. The molecule has 11 atom stereocenters. The van der Waals surface area contributed by atoms with Crippen molar-refractivity contribution < 1.29 is 62.2 Å². The van der Waals surface area contributed by atoms with Gasteiger partial charge in [-0.15, -0.1) is 11.3 Å². The second kappa shape index (κ2) is 40.4. The molecule has 9 N–H and O–H groups in total. The molecule has 0 saturated carbocycles. The maximum absolute atomic E-state index is 14.8. The molecule has 2 aromatic heterocycles. The molecule has 7 amide bonds. The number of nitrogens with zero attached hydrogens (tertiary/aromatic N) is 4. The van der Waals surface area contributed by atoms with Gasteiger partial charge in [0.2, 0.25) is 23.6 Å². The molecule has 5 rings (SSSR count). The Bertz CT molecular complexity index is 3180. The maximum atomic E-state index is 14.8. The van der Waals surface area contributed by atoms with Crippen LogP contribution in [-0.2, 0) is 72.0 Å². The second-order valence-corrected chi connectivity index (χ2v) is 28.4. The van der Waals surface area contributed by atoms with Crippen LogP contribution < -0.4 is 32.7 Å². The number of ketones is 4. The quantitative estimate of drug-likeness (QED) is 0.0203. The summed E-state index contributed by atoms with van der Waals surface area (Å²) in [4.78, 5) is 153. The zero-order valence-electron chi connectivity index (χ0n) is 59.6. The highest BCUT2D eigenvalue weighted by Crippen LogP contribution is 2.34. The number of aromatic amines is 1. The van der Waals surface area contributed by atoms with E-state index >= 15 is 0 Å². The molecular weight excluding hydrogens is 1270 g/mol. The number of unbranched alkanes of at least 4 members (excludes halogenated alkanes) is 1. The smallest absolute Gasteiger partial charge is 0.408 e. The topological polar surface area (TPSA) is 347 Å². The largest absolute Gasteiger partial charge is 0.445 e. The van der Waals surface area contributed by atoms with Crippen molar-refractivity contribution in [1.82, 2.24) is 40.7 Å². The number of aromatic nitrogens is 3. The summed E-state index contributed by atoms with van der Waals surface area (Å²) < 4.78 is 17.8. The van der Waals surface area contributed by atoms with Crippen LogP contribution in [0, 0.1) is 41.4 Å². The average Bonchev–Trinajstić information content (AvgIpc) is 1.83. The number of urea groups is 1. The normalized spacial score (nSPS) is 16.3. The number of likely N-dealkylation sites (tertiary alicyclic amines) is 1. The highest BCUT2D eigenvalue weighted by molar-refractivity contribution is 7.09. The Labute approximate surface area is 582 Å². The molecule has 0 aliphatic carbocycles. The van der Waals surface area contributed by atoms with Gasteiger partial charge in [-0.1, -0.05) is 104 Å². The van der Waals surface area contributed by atoms with Crippen molar-refractivity contribution in [3.05, 3.63) is 101 Å². The van der Waals surface area contributed by atoms with Gasteiger partial charge in [-0.25, -0.2) is 19.6 Å². The van der Waals surface area contributed by atoms with Gasteiger partial charge >= 0.3 is 12.1 Å². The standard InChI is InChI=1S/C73H109N11O13S/c1-13-47(6)65(61(95-11)41-63(89)84-33-20-25-58(84)66(96-12)48(7)59(86)38-53(69-77-32-34-98-69)35-49-21-15-14-16-22-49)83(10)70(92)57(45(2)3)40-62(88)73(8,9)82-72(94)97-43-50-26-28-54(29-27-50)80-67(90)52(24-19-31-78-71(75)93)37-60(87)64(46(4)5)81-68(91)51(23-17-18-30-74)36-56(85)39-55-42-76-44-79-55/h14-16,21-22,26-29,32,34,42,44-48,51-53,57-58,61,64-66H,13,17-20,23-25,30-31,33,35-41,43,74H2,1-12H3,(H,76,79)(H,80,90)(H,81,91)(H,82,94)(H3,75,78,93)/t47-,48-,51+,52+,53+,57-,58-,61+,64-,65-,66+/m0/s1. The number of rotatable bonds is 44. The van der Waals surface area contributed by atoms with Gasteiger partial charge in [0, 0.05) is 125 Å². The first-order chi connectivity index (χ1) is 46.6. The number of likely N-dealkylation sites (N-methyl/N-ethyl adjacent to an activating group) is 1. The van der Waals surface area contributed by atoms with Crippen molar-refractivity contribution in [3.63, 3.8) is 0 Å². The Morgan fingerprint density at radius 3 is 2.11 bits per heavy atom. The van der Waals surface area contributed by atoms with E-state index in [1.54, 1.807) is 83.4 Å². The van der Waals surface area contributed by atoms with Crippen molar-refractivity contribution in [1.29, 1.82) is 0 Å². The predicted octanol–water partition coefficient (Wildman–Crippen LogP) is 9.06. The summed E-state index contributed by atoms with van der Waals surface area (Å²) in [6, 6.07) is 13.9. The average molecular weight is 1380 g/mol. The van der Waals surface area contributed by atoms with E-state index in [-0.39, 0.29) is 117 Å². The number of hydrogen-bond acceptors (Lipinski definition) is 17. The highest BCUT2D eigenvalue weighted by atomic mass is 32.1. The summed E-state index contributed by atoms with van der Waals surface area (Å²) in [6.45, 7) is 17.1. The van der Waals surface area contributed by atoms with E-state index in [0.29, 0.717) is 75.0 Å². The van der Waals surface area contributed by atoms with Crippen LogP contribution in [0.4, 0.5) is 15.3 Å². The number of nitrogens with two attached hydrogens (primary N) is 2. The lowest BCUT2D eigenvalue weighted by Crippen LogP contribution is -2.55. The van der Waals surface area contributed by atoms with Crippen LogP contribution in [0.25, 0.3) is 0 Å². The van der Waals surface area contributed by atoms with E-state index in [2.05, 4.69) is 48.4 Å². The number of anilines is 1. The van der Waals surface area contributed by atoms with E-state index in [1.165, 1.54) is 24.8 Å². The van der Waals surface area contributed by atoms with Gasteiger partial charge in [0.05, 0.1) is 53.6 Å². The number of H-pyrrole nitrogens is 1. The number of thiazole rings is 1. The summed E-state index contributed by atoms with van der Waals surface area (Å²) in [5.74, 6) is -6.21. The fourth-order valence-corrected chi connectivity index (χ4v) is 13.8. The SMILES string of the molecule is CC[C@H](C)[C@@H]([C@@H](CC(=O)N1CCC[C@H]1[C@H](OC)[C@@H](C)C(=O)C[C@@H](Cc1ccccc1)c1nccs1)OC)N(C)C(=O)[C@@H](CC(=O)C(C)(C)NC(=O)OCc1ccc(NC(=O)[C@H](CCCNC(N)=O)CC(=O)[C@@H](NC(=O)[C@H](CCCCN)CC(=O)Cc2cnc[nH]2)C(C)C)cc1)C(C)C. The van der Waals surface area contributed by atoms with Crippen molar-refractivity contribution in [2.75, 3.05) is 46.2 Å². The van der Waals surface area contributed by atoms with Crippen molar-refractivity contribution >= 4 is 75.9 Å². The van der Waals surface area contributed by atoms with Crippen LogP contribution in [-0.4, -0.2) is 160 Å². The van der Waals surface area contributed by atoms with Crippen LogP contribution in [0.5, 0.6) is 0 Å². The number of carbonyl (C=O) groups is 10. The Hall–Kier alpha value is -7.74. The number of ether oxygens (including phenoxy) is 3. The van der Waals surface area contributed by atoms with E-state index in [0.717, 1.165) is 17.0 Å². The van der Waals surface area contributed by atoms with E-state index in [9.17, 15) is 47.9 Å². The fourth-order valence-electron chi connectivity index (χ4n) is 13.1. The minimum atomic E-state index is -1.47. The third-order valence-electron chi connectivity index (χ3n) is 19.1. The molecule has 540 valence electrons. The van der Waals surface area contributed by atoms with Gasteiger partial charge in [-0.3, -0.25) is 38.4 Å². The van der Waals surface area contributed by atoms with E-state index in [1.807, 2.05) is 63.1 Å². The number of amides is 7. The summed E-state index contributed by atoms with van der Waals surface area (Å²) in [5, 5.41) is 13.8. The number of primary amides is 1. The number of methoxy groups -OCH3 is 2. The first-order valence-electron chi connectivity index (χ1n) is 34.6. The van der Waals surface area contributed by atoms with Crippen LogP contribution in [0.15, 0.2) is 78.7 Å². The third kappa shape index (κ3) is 24.9. The molecule has 2 aromatic carbocycles. The van der Waals surface area contributed by atoms with Crippen molar-refractivity contribution in [2.24, 2.45) is 52.9 Å². The molecule has 4 aromatic rings.